The van der Waals surface area contributed by atoms with Gasteiger partial charge in [0.05, 0.1) is 11.3 Å². The number of benzene rings is 1. The predicted octanol–water partition coefficient (Wildman–Crippen LogP) is 2.69. The third-order valence-electron chi connectivity index (χ3n) is 3.93. The molecule has 0 spiro atoms. The van der Waals surface area contributed by atoms with Crippen LogP contribution in [0.4, 0.5) is 5.69 Å². The van der Waals surface area contributed by atoms with Crippen LogP contribution in [0.3, 0.4) is 0 Å². The summed E-state index contributed by atoms with van der Waals surface area (Å²) in [5, 5.41) is 14.6. The summed E-state index contributed by atoms with van der Waals surface area (Å²) in [6, 6.07) is 12.0. The Kier molecular flexibility index (Phi) is 5.03. The summed E-state index contributed by atoms with van der Waals surface area (Å²) in [5.41, 5.74) is 1.72. The fourth-order valence-electron chi connectivity index (χ4n) is 2.66. The summed E-state index contributed by atoms with van der Waals surface area (Å²) in [5.74, 6) is -0.0932. The van der Waals surface area contributed by atoms with Gasteiger partial charge in [0, 0.05) is 43.0 Å². The Labute approximate surface area is 144 Å². The Hall–Kier alpha value is -3.22. The van der Waals surface area contributed by atoms with Crippen LogP contribution in [0.1, 0.15) is 12.0 Å². The van der Waals surface area contributed by atoms with Gasteiger partial charge in [0.2, 0.25) is 5.91 Å². The Morgan fingerprint density at radius 2 is 2.00 bits per heavy atom. The Morgan fingerprint density at radius 3 is 2.76 bits per heavy atom. The van der Waals surface area contributed by atoms with Crippen molar-refractivity contribution < 1.29 is 9.72 Å². The summed E-state index contributed by atoms with van der Waals surface area (Å²) in [6.07, 6.45) is 4.78. The highest BCUT2D eigenvalue weighted by Gasteiger charge is 2.07. The molecule has 1 aromatic carbocycles. The average molecular weight is 338 g/mol. The van der Waals surface area contributed by atoms with Crippen molar-refractivity contribution in [2.45, 2.75) is 19.4 Å². The minimum absolute atomic E-state index is 0.0247. The van der Waals surface area contributed by atoms with Gasteiger partial charge in [0.25, 0.3) is 5.69 Å². The Morgan fingerprint density at radius 1 is 1.20 bits per heavy atom. The lowest BCUT2D eigenvalue weighted by atomic mass is 10.1. The maximum atomic E-state index is 11.9. The third kappa shape index (κ3) is 4.20. The monoisotopic (exact) mass is 338 g/mol. The minimum atomic E-state index is -0.455. The number of nitrogens with zero attached hydrogens (tertiary/aromatic N) is 3. The zero-order chi connectivity index (χ0) is 17.6. The van der Waals surface area contributed by atoms with E-state index >= 15 is 0 Å². The van der Waals surface area contributed by atoms with Crippen molar-refractivity contribution in [1.29, 1.82) is 0 Å². The van der Waals surface area contributed by atoms with Crippen LogP contribution in [-0.4, -0.2) is 26.9 Å². The summed E-state index contributed by atoms with van der Waals surface area (Å²) in [4.78, 5) is 26.5. The van der Waals surface area contributed by atoms with Crippen LogP contribution in [0.25, 0.3) is 11.0 Å². The number of nitrogens with one attached hydrogen (secondary N) is 1. The Bertz CT molecular complexity index is 887. The first-order chi connectivity index (χ1) is 12.1. The van der Waals surface area contributed by atoms with Gasteiger partial charge in [-0.3, -0.25) is 14.9 Å². The van der Waals surface area contributed by atoms with Gasteiger partial charge in [-0.2, -0.15) is 0 Å². The summed E-state index contributed by atoms with van der Waals surface area (Å²) in [7, 11) is 0. The average Bonchev–Trinajstić information content (AvgIpc) is 3.02. The third-order valence-corrected chi connectivity index (χ3v) is 3.93. The molecular formula is C18H18N4O3. The van der Waals surface area contributed by atoms with Crippen LogP contribution in [0.2, 0.25) is 0 Å². The van der Waals surface area contributed by atoms with Gasteiger partial charge in [-0.1, -0.05) is 12.1 Å². The molecule has 25 heavy (non-hydrogen) atoms. The number of nitro groups is 1. The van der Waals surface area contributed by atoms with E-state index in [1.54, 1.807) is 18.3 Å². The van der Waals surface area contributed by atoms with E-state index in [2.05, 4.69) is 14.9 Å². The fraction of sp³-hybridized carbons (Fsp3) is 0.222. The van der Waals surface area contributed by atoms with E-state index in [-0.39, 0.29) is 18.0 Å². The van der Waals surface area contributed by atoms with Crippen LogP contribution >= 0.6 is 0 Å². The van der Waals surface area contributed by atoms with E-state index < -0.39 is 4.92 Å². The molecule has 2 heterocycles. The minimum Gasteiger partial charge on any atom is -0.356 e. The lowest BCUT2D eigenvalue weighted by molar-refractivity contribution is -0.384. The number of amides is 1. The number of hydrogen-bond donors (Lipinski definition) is 1. The molecule has 7 nitrogen and oxygen atoms in total. The highest BCUT2D eigenvalue weighted by Crippen LogP contribution is 2.13. The SMILES string of the molecule is O=C(Cc1ccc([N+](=O)[O-])cc1)NCCCn1ccc2cccnc21. The zero-order valence-electron chi connectivity index (χ0n) is 13.6. The van der Waals surface area contributed by atoms with Crippen LogP contribution in [-0.2, 0) is 17.8 Å². The second-order valence-electron chi connectivity index (χ2n) is 5.73. The number of rotatable bonds is 7. The van der Waals surface area contributed by atoms with Crippen LogP contribution in [0.15, 0.2) is 54.9 Å². The molecule has 0 radical (unpaired) electrons. The van der Waals surface area contributed by atoms with Crippen molar-refractivity contribution in [2.75, 3.05) is 6.54 Å². The lowest BCUT2D eigenvalue weighted by Crippen LogP contribution is -2.26. The number of non-ortho nitro benzene ring substituents is 1. The van der Waals surface area contributed by atoms with Crippen molar-refractivity contribution in [3.63, 3.8) is 0 Å². The number of fused-ring (bicyclic) bond motifs is 1. The molecule has 2 aromatic heterocycles. The molecule has 0 bridgehead atoms. The lowest BCUT2D eigenvalue weighted by Gasteiger charge is -2.07. The molecule has 128 valence electrons. The molecule has 1 N–H and O–H groups in total. The highest BCUT2D eigenvalue weighted by atomic mass is 16.6. The molecule has 0 unspecified atom stereocenters. The number of carbonyl (C=O) groups excluding carboxylic acids is 1. The zero-order valence-corrected chi connectivity index (χ0v) is 13.6. The highest BCUT2D eigenvalue weighted by molar-refractivity contribution is 5.78. The quantitative estimate of drug-likeness (QED) is 0.407. The largest absolute Gasteiger partial charge is 0.356 e. The molecule has 0 saturated carbocycles. The molecule has 0 aliphatic rings. The van der Waals surface area contributed by atoms with E-state index in [1.165, 1.54) is 12.1 Å². The van der Waals surface area contributed by atoms with Crippen molar-refractivity contribution >= 4 is 22.6 Å². The van der Waals surface area contributed by atoms with Gasteiger partial charge in [-0.25, -0.2) is 4.98 Å². The predicted molar refractivity (Wildman–Crippen MR) is 94.2 cm³/mol. The van der Waals surface area contributed by atoms with E-state index in [0.29, 0.717) is 6.54 Å². The smallest absolute Gasteiger partial charge is 0.269 e. The molecule has 0 aliphatic carbocycles. The van der Waals surface area contributed by atoms with Crippen molar-refractivity contribution in [2.24, 2.45) is 0 Å². The molecule has 3 aromatic rings. The maximum Gasteiger partial charge on any atom is 0.269 e. The first-order valence-electron chi connectivity index (χ1n) is 8.03. The van der Waals surface area contributed by atoms with Gasteiger partial charge in [-0.15, -0.1) is 0 Å². The standard InChI is InChI=1S/C18H18N4O3/c23-17(13-14-4-6-16(7-5-14)22(24)25)19-10-2-11-21-12-8-15-3-1-9-20-18(15)21/h1,3-9,12H,2,10-11,13H2,(H,19,23). The topological polar surface area (TPSA) is 90.1 Å². The van der Waals surface area contributed by atoms with Gasteiger partial charge in [-0.05, 0) is 30.2 Å². The molecule has 0 atom stereocenters. The number of hydrogen-bond acceptors (Lipinski definition) is 4. The van der Waals surface area contributed by atoms with Gasteiger partial charge < -0.3 is 9.88 Å². The van der Waals surface area contributed by atoms with E-state index in [0.717, 1.165) is 29.6 Å². The number of aryl methyl sites for hydroxylation is 1. The molecule has 7 heteroatoms. The molecular weight excluding hydrogens is 320 g/mol. The summed E-state index contributed by atoms with van der Waals surface area (Å²) < 4.78 is 2.07. The molecule has 3 rings (SSSR count). The van der Waals surface area contributed by atoms with Crippen LogP contribution in [0, 0.1) is 10.1 Å². The van der Waals surface area contributed by atoms with Gasteiger partial charge >= 0.3 is 0 Å². The molecule has 0 aliphatic heterocycles. The van der Waals surface area contributed by atoms with Crippen LogP contribution < -0.4 is 5.32 Å². The van der Waals surface area contributed by atoms with Crippen LogP contribution in [0.5, 0.6) is 0 Å². The summed E-state index contributed by atoms with van der Waals surface area (Å²) in [6.45, 7) is 1.34. The van der Waals surface area contributed by atoms with Crippen molar-refractivity contribution in [3.8, 4) is 0 Å². The van der Waals surface area contributed by atoms with E-state index in [1.807, 2.05) is 24.4 Å². The van der Waals surface area contributed by atoms with Crippen molar-refractivity contribution in [3.05, 3.63) is 70.5 Å². The Balaban J connectivity index is 1.44. The molecule has 0 fully saturated rings. The number of carbonyl (C=O) groups is 1. The van der Waals surface area contributed by atoms with Crippen molar-refractivity contribution in [1.82, 2.24) is 14.9 Å². The van der Waals surface area contributed by atoms with Gasteiger partial charge in [0.1, 0.15) is 5.65 Å². The number of nitro benzene ring substituents is 1. The second-order valence-corrected chi connectivity index (χ2v) is 5.73. The van der Waals surface area contributed by atoms with E-state index in [9.17, 15) is 14.9 Å². The fourth-order valence-corrected chi connectivity index (χ4v) is 2.66. The first kappa shape index (κ1) is 16.6. The molecule has 1 amide bonds. The van der Waals surface area contributed by atoms with Gasteiger partial charge in [0.15, 0.2) is 0 Å². The number of aromatic nitrogens is 2. The van der Waals surface area contributed by atoms with E-state index in [4.69, 9.17) is 0 Å². The maximum absolute atomic E-state index is 11.9. The normalized spacial score (nSPS) is 10.7. The number of pyridine rings is 1. The first-order valence-corrected chi connectivity index (χ1v) is 8.03. The second kappa shape index (κ2) is 7.57. The summed E-state index contributed by atoms with van der Waals surface area (Å²) >= 11 is 0. The molecule has 0 saturated heterocycles.